The Bertz CT molecular complexity index is 570. The van der Waals surface area contributed by atoms with Crippen molar-refractivity contribution in [2.75, 3.05) is 7.05 Å². The Morgan fingerprint density at radius 1 is 1.29 bits per heavy atom. The topological polar surface area (TPSA) is 57.6 Å². The third kappa shape index (κ3) is 2.88. The van der Waals surface area contributed by atoms with Gasteiger partial charge in [0, 0.05) is 12.6 Å². The number of carboxylic acid groups (broad SMARTS) is 1. The zero-order valence-corrected chi connectivity index (χ0v) is 12.5. The maximum Gasteiger partial charge on any atom is 0.329 e. The zero-order valence-electron chi connectivity index (χ0n) is 11.7. The van der Waals surface area contributed by atoms with Crippen molar-refractivity contribution in [3.63, 3.8) is 0 Å². The molecule has 2 rings (SSSR count). The van der Waals surface area contributed by atoms with E-state index < -0.39 is 23.2 Å². The van der Waals surface area contributed by atoms with Gasteiger partial charge in [-0.2, -0.15) is 0 Å². The summed E-state index contributed by atoms with van der Waals surface area (Å²) in [5.41, 5.74) is -1.10. The second-order valence-corrected chi connectivity index (χ2v) is 5.80. The Labute approximate surface area is 127 Å². The van der Waals surface area contributed by atoms with Crippen LogP contribution in [-0.4, -0.2) is 34.5 Å². The van der Waals surface area contributed by atoms with Gasteiger partial charge in [0.15, 0.2) is 0 Å². The van der Waals surface area contributed by atoms with Gasteiger partial charge in [-0.25, -0.2) is 9.18 Å². The molecule has 6 heteroatoms. The number of nitrogens with zero attached hydrogens (tertiary/aromatic N) is 1. The summed E-state index contributed by atoms with van der Waals surface area (Å²) in [7, 11) is 1.47. The second-order valence-electron chi connectivity index (χ2n) is 5.39. The molecule has 1 saturated carbocycles. The molecule has 0 unspecified atom stereocenters. The van der Waals surface area contributed by atoms with Gasteiger partial charge >= 0.3 is 5.97 Å². The first-order chi connectivity index (χ1) is 9.88. The van der Waals surface area contributed by atoms with E-state index in [1.54, 1.807) is 0 Å². The Kier molecular flexibility index (Phi) is 4.52. The molecule has 0 heterocycles. The fourth-order valence-corrected chi connectivity index (χ4v) is 2.96. The molecule has 4 nitrogen and oxygen atoms in total. The lowest BCUT2D eigenvalue weighted by molar-refractivity contribution is -0.151. The largest absolute Gasteiger partial charge is 0.479 e. The fraction of sp³-hybridized carbons (Fsp3) is 0.467. The van der Waals surface area contributed by atoms with Gasteiger partial charge < -0.3 is 10.0 Å². The van der Waals surface area contributed by atoms with Crippen LogP contribution >= 0.6 is 11.6 Å². The lowest BCUT2D eigenvalue weighted by Crippen LogP contribution is -2.56. The number of halogens is 2. The summed E-state index contributed by atoms with van der Waals surface area (Å²) in [6.45, 7) is 0. The normalized spacial score (nSPS) is 17.3. The highest BCUT2D eigenvalue weighted by atomic mass is 35.5. The van der Waals surface area contributed by atoms with Crippen LogP contribution in [0.1, 0.15) is 42.5 Å². The van der Waals surface area contributed by atoms with Gasteiger partial charge in [-0.05, 0) is 31.0 Å². The third-order valence-electron chi connectivity index (χ3n) is 4.19. The molecule has 1 fully saturated rings. The van der Waals surface area contributed by atoms with Crippen molar-refractivity contribution in [1.82, 2.24) is 4.90 Å². The monoisotopic (exact) mass is 313 g/mol. The predicted octanol–water partition coefficient (Wildman–Crippen LogP) is 3.34. The summed E-state index contributed by atoms with van der Waals surface area (Å²) in [5.74, 6) is -2.20. The average molecular weight is 314 g/mol. The van der Waals surface area contributed by atoms with Crippen LogP contribution < -0.4 is 0 Å². The molecule has 0 bridgehead atoms. The summed E-state index contributed by atoms with van der Waals surface area (Å²) >= 11 is 5.60. The van der Waals surface area contributed by atoms with Gasteiger partial charge in [-0.15, -0.1) is 0 Å². The lowest BCUT2D eigenvalue weighted by atomic mass is 9.80. The van der Waals surface area contributed by atoms with Gasteiger partial charge in [-0.3, -0.25) is 4.79 Å². The zero-order chi connectivity index (χ0) is 15.6. The Hall–Kier alpha value is -1.62. The van der Waals surface area contributed by atoms with Gasteiger partial charge in [0.1, 0.15) is 11.4 Å². The molecule has 0 atom stereocenters. The summed E-state index contributed by atoms with van der Waals surface area (Å²) < 4.78 is 13.5. The van der Waals surface area contributed by atoms with Gasteiger partial charge in [0.2, 0.25) is 0 Å². The maximum absolute atomic E-state index is 13.5. The van der Waals surface area contributed by atoms with E-state index in [4.69, 9.17) is 11.6 Å². The van der Waals surface area contributed by atoms with Crippen LogP contribution in [0.25, 0.3) is 0 Å². The van der Waals surface area contributed by atoms with Crippen molar-refractivity contribution in [1.29, 1.82) is 0 Å². The molecular weight excluding hydrogens is 297 g/mol. The molecule has 1 N–H and O–H groups in total. The number of carboxylic acids is 1. The predicted molar refractivity (Wildman–Crippen MR) is 77.0 cm³/mol. The third-order valence-corrected chi connectivity index (χ3v) is 4.50. The van der Waals surface area contributed by atoms with Crippen molar-refractivity contribution in [3.8, 4) is 0 Å². The molecule has 0 aromatic heterocycles. The molecule has 0 saturated heterocycles. The number of hydrogen-bond acceptors (Lipinski definition) is 2. The number of rotatable bonds is 3. The van der Waals surface area contributed by atoms with Crippen LogP contribution in [-0.2, 0) is 4.79 Å². The average Bonchev–Trinajstić information content (AvgIpc) is 2.49. The number of aliphatic carboxylic acids is 1. The van der Waals surface area contributed by atoms with Crippen LogP contribution in [0.4, 0.5) is 4.39 Å². The number of likely N-dealkylation sites (N-methyl/N-ethyl adjacent to an activating group) is 1. The molecule has 114 valence electrons. The van der Waals surface area contributed by atoms with Crippen molar-refractivity contribution >= 4 is 23.5 Å². The Morgan fingerprint density at radius 2 is 1.90 bits per heavy atom. The maximum atomic E-state index is 13.5. The molecule has 0 spiro atoms. The van der Waals surface area contributed by atoms with Gasteiger partial charge in [0.25, 0.3) is 5.91 Å². The molecule has 0 aliphatic heterocycles. The first-order valence-electron chi connectivity index (χ1n) is 6.85. The molecule has 0 radical (unpaired) electrons. The van der Waals surface area contributed by atoms with Crippen LogP contribution in [0.3, 0.4) is 0 Å². The SMILES string of the molecule is CN(C(=O)c1ccc(Cl)c(F)c1)C1(C(=O)O)CCCCC1. The fourth-order valence-electron chi connectivity index (χ4n) is 2.85. The van der Waals surface area contributed by atoms with Crippen molar-refractivity contribution in [3.05, 3.63) is 34.6 Å². The lowest BCUT2D eigenvalue weighted by Gasteiger charge is -2.41. The highest BCUT2D eigenvalue weighted by molar-refractivity contribution is 6.30. The van der Waals surface area contributed by atoms with Gasteiger partial charge in [0.05, 0.1) is 5.02 Å². The van der Waals surface area contributed by atoms with E-state index >= 15 is 0 Å². The van der Waals surface area contributed by atoms with E-state index in [9.17, 15) is 19.1 Å². The number of carbonyl (C=O) groups is 2. The Morgan fingerprint density at radius 3 is 2.43 bits per heavy atom. The molecule has 1 aromatic rings. The number of benzene rings is 1. The van der Waals surface area contributed by atoms with E-state index in [-0.39, 0.29) is 10.6 Å². The number of amides is 1. The molecule has 1 aliphatic carbocycles. The highest BCUT2D eigenvalue weighted by Gasteiger charge is 2.45. The van der Waals surface area contributed by atoms with Crippen molar-refractivity contribution in [2.24, 2.45) is 0 Å². The van der Waals surface area contributed by atoms with Crippen LogP contribution in [0, 0.1) is 5.82 Å². The van der Waals surface area contributed by atoms with E-state index in [0.29, 0.717) is 12.8 Å². The number of carbonyl (C=O) groups excluding carboxylic acids is 1. The minimum atomic E-state index is -1.20. The van der Waals surface area contributed by atoms with E-state index in [1.807, 2.05) is 0 Å². The smallest absolute Gasteiger partial charge is 0.329 e. The van der Waals surface area contributed by atoms with Crippen molar-refractivity contribution < 1.29 is 19.1 Å². The van der Waals surface area contributed by atoms with Crippen molar-refractivity contribution in [2.45, 2.75) is 37.6 Å². The van der Waals surface area contributed by atoms with Gasteiger partial charge in [-0.1, -0.05) is 30.9 Å². The highest BCUT2D eigenvalue weighted by Crippen LogP contribution is 2.34. The standard InChI is InChI=1S/C15H17ClFNO3/c1-18(15(14(20)21)7-3-2-4-8-15)13(19)10-5-6-11(16)12(17)9-10/h5-6,9H,2-4,7-8H2,1H3,(H,20,21). The number of hydrogen-bond donors (Lipinski definition) is 1. The molecule has 21 heavy (non-hydrogen) atoms. The molecule has 1 aromatic carbocycles. The summed E-state index contributed by atoms with van der Waals surface area (Å²) in [5, 5.41) is 9.49. The summed E-state index contributed by atoms with van der Waals surface area (Å²) in [6, 6.07) is 3.74. The minimum absolute atomic E-state index is 0.0696. The first-order valence-corrected chi connectivity index (χ1v) is 7.23. The van der Waals surface area contributed by atoms with Crippen LogP contribution in [0.2, 0.25) is 5.02 Å². The minimum Gasteiger partial charge on any atom is -0.479 e. The second kappa shape index (κ2) is 6.02. The van der Waals surface area contributed by atoms with E-state index in [1.165, 1.54) is 24.1 Å². The van der Waals surface area contributed by atoms with Crippen LogP contribution in [0.5, 0.6) is 0 Å². The summed E-state index contributed by atoms with van der Waals surface area (Å²) in [6.07, 6.45) is 3.33. The quantitative estimate of drug-likeness (QED) is 0.931. The Balaban J connectivity index is 2.31. The van der Waals surface area contributed by atoms with Crippen LogP contribution in [0.15, 0.2) is 18.2 Å². The first kappa shape index (κ1) is 15.8. The van der Waals surface area contributed by atoms with E-state index in [0.717, 1.165) is 25.3 Å². The molecule has 1 amide bonds. The molecule has 1 aliphatic rings. The van der Waals surface area contributed by atoms with E-state index in [2.05, 4.69) is 0 Å². The summed E-state index contributed by atoms with van der Waals surface area (Å²) in [4.78, 5) is 25.4. The molecular formula is C15H17ClFNO3.